The van der Waals surface area contributed by atoms with E-state index in [1.165, 1.54) is 25.7 Å². The Balaban J connectivity index is 2.30. The van der Waals surface area contributed by atoms with Crippen molar-refractivity contribution < 1.29 is 4.74 Å². The molecule has 1 aliphatic heterocycles. The molecular formula is C11H23NO. The highest BCUT2D eigenvalue weighted by Crippen LogP contribution is 2.25. The summed E-state index contributed by atoms with van der Waals surface area (Å²) in [4.78, 5) is 0. The largest absolute Gasteiger partial charge is 0.373 e. The van der Waals surface area contributed by atoms with Crippen molar-refractivity contribution in [1.82, 2.24) is 5.32 Å². The van der Waals surface area contributed by atoms with E-state index >= 15 is 0 Å². The van der Waals surface area contributed by atoms with Gasteiger partial charge in [-0.3, -0.25) is 0 Å². The van der Waals surface area contributed by atoms with Crippen LogP contribution in [0.25, 0.3) is 0 Å². The van der Waals surface area contributed by atoms with Crippen LogP contribution in [0.1, 0.15) is 46.0 Å². The fourth-order valence-corrected chi connectivity index (χ4v) is 2.13. The number of ether oxygens (including phenoxy) is 1. The van der Waals surface area contributed by atoms with Gasteiger partial charge in [0.05, 0.1) is 12.2 Å². The maximum absolute atomic E-state index is 5.95. The predicted molar refractivity (Wildman–Crippen MR) is 55.9 cm³/mol. The van der Waals surface area contributed by atoms with Crippen LogP contribution in [0.3, 0.4) is 0 Å². The minimum absolute atomic E-state index is 0.451. The van der Waals surface area contributed by atoms with E-state index in [2.05, 4.69) is 19.2 Å². The Kier molecular flexibility index (Phi) is 4.74. The molecular weight excluding hydrogens is 162 g/mol. The van der Waals surface area contributed by atoms with Crippen LogP contribution in [-0.2, 0) is 4.74 Å². The summed E-state index contributed by atoms with van der Waals surface area (Å²) < 4.78 is 5.95. The van der Waals surface area contributed by atoms with Crippen molar-refractivity contribution in [2.45, 2.75) is 64.2 Å². The molecule has 0 amide bonds. The molecule has 1 saturated heterocycles. The highest BCUT2D eigenvalue weighted by Gasteiger charge is 2.32. The van der Waals surface area contributed by atoms with Crippen LogP contribution in [0.4, 0.5) is 0 Å². The van der Waals surface area contributed by atoms with Crippen LogP contribution in [0.5, 0.6) is 0 Å². The van der Waals surface area contributed by atoms with Crippen LogP contribution in [0.2, 0.25) is 0 Å². The molecule has 2 heteroatoms. The van der Waals surface area contributed by atoms with Crippen LogP contribution in [-0.4, -0.2) is 25.3 Å². The molecule has 0 aromatic carbocycles. The van der Waals surface area contributed by atoms with Gasteiger partial charge >= 0.3 is 0 Å². The van der Waals surface area contributed by atoms with E-state index in [9.17, 15) is 0 Å². The third-order valence-electron chi connectivity index (χ3n) is 2.99. The van der Waals surface area contributed by atoms with Crippen molar-refractivity contribution >= 4 is 0 Å². The van der Waals surface area contributed by atoms with E-state index in [4.69, 9.17) is 4.74 Å². The van der Waals surface area contributed by atoms with Gasteiger partial charge in [0.2, 0.25) is 0 Å². The molecule has 2 nitrogen and oxygen atoms in total. The molecule has 2 unspecified atom stereocenters. The van der Waals surface area contributed by atoms with Crippen molar-refractivity contribution in [3.05, 3.63) is 0 Å². The van der Waals surface area contributed by atoms with Gasteiger partial charge in [0.25, 0.3) is 0 Å². The highest BCUT2D eigenvalue weighted by molar-refractivity contribution is 4.85. The third kappa shape index (κ3) is 2.96. The molecule has 0 bridgehead atoms. The molecule has 3 atom stereocenters. The lowest BCUT2D eigenvalue weighted by Crippen LogP contribution is -2.32. The normalized spacial score (nSPS) is 33.9. The molecule has 1 rings (SSSR count). The summed E-state index contributed by atoms with van der Waals surface area (Å²) in [5.74, 6) is 0. The number of hydrogen-bond donors (Lipinski definition) is 1. The van der Waals surface area contributed by atoms with Crippen molar-refractivity contribution in [2.24, 2.45) is 0 Å². The maximum Gasteiger partial charge on any atom is 0.0730 e. The smallest absolute Gasteiger partial charge is 0.0730 e. The first-order valence-corrected chi connectivity index (χ1v) is 5.64. The second-order valence-corrected chi connectivity index (χ2v) is 3.98. The number of nitrogens with one attached hydrogen (secondary N) is 1. The van der Waals surface area contributed by atoms with Gasteiger partial charge in [-0.15, -0.1) is 0 Å². The van der Waals surface area contributed by atoms with Crippen LogP contribution < -0.4 is 5.32 Å². The van der Waals surface area contributed by atoms with Gasteiger partial charge in [-0.2, -0.15) is 0 Å². The molecule has 1 fully saturated rings. The Morgan fingerprint density at radius 3 is 2.62 bits per heavy atom. The van der Waals surface area contributed by atoms with Crippen molar-refractivity contribution in [2.75, 3.05) is 7.05 Å². The Hall–Kier alpha value is -0.0800. The van der Waals surface area contributed by atoms with Gasteiger partial charge in [0.1, 0.15) is 0 Å². The van der Waals surface area contributed by atoms with E-state index in [0.717, 1.165) is 6.42 Å². The average molecular weight is 185 g/mol. The minimum atomic E-state index is 0.451. The first kappa shape index (κ1) is 11.0. The molecule has 1 heterocycles. The first-order chi connectivity index (χ1) is 6.31. The zero-order chi connectivity index (χ0) is 9.68. The quantitative estimate of drug-likeness (QED) is 0.710. The van der Waals surface area contributed by atoms with E-state index < -0.39 is 0 Å². The summed E-state index contributed by atoms with van der Waals surface area (Å²) in [7, 11) is 2.04. The average Bonchev–Trinajstić information content (AvgIpc) is 2.57. The summed E-state index contributed by atoms with van der Waals surface area (Å²) >= 11 is 0. The molecule has 0 saturated carbocycles. The van der Waals surface area contributed by atoms with Crippen molar-refractivity contribution in [1.29, 1.82) is 0 Å². The lowest BCUT2D eigenvalue weighted by molar-refractivity contribution is 0.0324. The molecule has 0 aliphatic carbocycles. The molecule has 1 N–H and O–H groups in total. The first-order valence-electron chi connectivity index (χ1n) is 5.64. The molecule has 0 aromatic rings. The molecule has 0 spiro atoms. The maximum atomic E-state index is 5.95. The van der Waals surface area contributed by atoms with Gasteiger partial charge in [-0.25, -0.2) is 0 Å². The third-order valence-corrected chi connectivity index (χ3v) is 2.99. The zero-order valence-electron chi connectivity index (χ0n) is 9.18. The second kappa shape index (κ2) is 5.61. The number of likely N-dealkylation sites (N-methyl/N-ethyl adjacent to an activating group) is 1. The lowest BCUT2D eigenvalue weighted by Gasteiger charge is -2.15. The fourth-order valence-electron chi connectivity index (χ4n) is 2.13. The SMILES string of the molecule is CCCCC1CC(NC)[C@H](CC)O1. The molecule has 0 radical (unpaired) electrons. The Labute approximate surface area is 82.0 Å². The van der Waals surface area contributed by atoms with E-state index in [1.807, 2.05) is 7.05 Å². The van der Waals surface area contributed by atoms with Crippen LogP contribution >= 0.6 is 0 Å². The lowest BCUT2D eigenvalue weighted by atomic mass is 10.0. The van der Waals surface area contributed by atoms with Crippen LogP contribution in [0.15, 0.2) is 0 Å². The predicted octanol–water partition coefficient (Wildman–Crippen LogP) is 2.33. The standard InChI is InChI=1S/C11H23NO/c1-4-6-7-9-8-10(12-3)11(5-2)13-9/h9-12H,4-8H2,1-3H3/t9?,10?,11-/m0/s1. The molecule has 0 aromatic heterocycles. The summed E-state index contributed by atoms with van der Waals surface area (Å²) in [6, 6.07) is 0.590. The van der Waals surface area contributed by atoms with Crippen molar-refractivity contribution in [3.8, 4) is 0 Å². The van der Waals surface area contributed by atoms with E-state index in [-0.39, 0.29) is 0 Å². The Morgan fingerprint density at radius 2 is 2.15 bits per heavy atom. The summed E-state index contributed by atoms with van der Waals surface area (Å²) in [6.45, 7) is 4.44. The van der Waals surface area contributed by atoms with Gasteiger partial charge in [0, 0.05) is 6.04 Å². The Morgan fingerprint density at radius 1 is 1.38 bits per heavy atom. The van der Waals surface area contributed by atoms with E-state index in [1.54, 1.807) is 0 Å². The molecule has 1 aliphatic rings. The minimum Gasteiger partial charge on any atom is -0.373 e. The summed E-state index contributed by atoms with van der Waals surface area (Å²) in [5, 5.41) is 3.35. The molecule has 78 valence electrons. The number of hydrogen-bond acceptors (Lipinski definition) is 2. The zero-order valence-corrected chi connectivity index (χ0v) is 9.18. The summed E-state index contributed by atoms with van der Waals surface area (Å²) in [5.41, 5.74) is 0. The number of rotatable bonds is 5. The summed E-state index contributed by atoms with van der Waals surface area (Å²) in [6.07, 6.45) is 7.13. The molecule has 13 heavy (non-hydrogen) atoms. The van der Waals surface area contributed by atoms with Crippen LogP contribution in [0, 0.1) is 0 Å². The van der Waals surface area contributed by atoms with Gasteiger partial charge in [-0.1, -0.05) is 26.7 Å². The van der Waals surface area contributed by atoms with Crippen molar-refractivity contribution in [3.63, 3.8) is 0 Å². The monoisotopic (exact) mass is 185 g/mol. The van der Waals surface area contributed by atoms with Gasteiger partial charge in [0.15, 0.2) is 0 Å². The van der Waals surface area contributed by atoms with E-state index in [0.29, 0.717) is 18.2 Å². The highest BCUT2D eigenvalue weighted by atomic mass is 16.5. The van der Waals surface area contributed by atoms with Gasteiger partial charge in [-0.05, 0) is 26.3 Å². The topological polar surface area (TPSA) is 21.3 Å². The van der Waals surface area contributed by atoms with Gasteiger partial charge < -0.3 is 10.1 Å². The number of unbranched alkanes of at least 4 members (excludes halogenated alkanes) is 1. The fraction of sp³-hybridized carbons (Fsp3) is 1.00. The second-order valence-electron chi connectivity index (χ2n) is 3.98. The Bertz CT molecular complexity index is 126.